The largest absolute Gasteiger partial charge is 0.508 e. The van der Waals surface area contributed by atoms with Crippen LogP contribution in [0.3, 0.4) is 0 Å². The first-order chi connectivity index (χ1) is 12.6. The molecule has 26 heavy (non-hydrogen) atoms. The molecule has 1 aromatic carbocycles. The standard InChI is InChI=1S/C20H23FN2O3/c21-16-7-19(9-22-8-16)26-18-5-14-10-23(11-15(14)6-18)12-20(25)13-1-3-17(24)4-2-13/h1-4,7-9,14-15,18,20,24-25H,5-6,10-12H2/t14-,15+,18?,20?. The number of aromatic hydroxyl groups is 1. The van der Waals surface area contributed by atoms with Gasteiger partial charge < -0.3 is 14.9 Å². The number of hydrogen-bond acceptors (Lipinski definition) is 5. The van der Waals surface area contributed by atoms with Crippen LogP contribution in [0.25, 0.3) is 0 Å². The highest BCUT2D eigenvalue weighted by atomic mass is 19.1. The Kier molecular flexibility index (Phi) is 4.78. The molecule has 2 aromatic rings. The van der Waals surface area contributed by atoms with Crippen LogP contribution in [-0.2, 0) is 0 Å². The second kappa shape index (κ2) is 7.21. The van der Waals surface area contributed by atoms with Gasteiger partial charge in [0.05, 0.1) is 24.6 Å². The lowest BCUT2D eigenvalue weighted by atomic mass is 10.0. The zero-order chi connectivity index (χ0) is 18.1. The van der Waals surface area contributed by atoms with Crippen LogP contribution in [-0.4, -0.2) is 45.8 Å². The molecule has 0 amide bonds. The van der Waals surface area contributed by atoms with Crippen LogP contribution in [0.4, 0.5) is 4.39 Å². The van der Waals surface area contributed by atoms with Gasteiger partial charge in [0.25, 0.3) is 0 Å². The summed E-state index contributed by atoms with van der Waals surface area (Å²) < 4.78 is 19.1. The Morgan fingerprint density at radius 2 is 1.85 bits per heavy atom. The van der Waals surface area contributed by atoms with Crippen LogP contribution in [0.2, 0.25) is 0 Å². The molecule has 1 aliphatic heterocycles. The summed E-state index contributed by atoms with van der Waals surface area (Å²) in [7, 11) is 0. The lowest BCUT2D eigenvalue weighted by molar-refractivity contribution is 0.116. The number of aromatic nitrogens is 1. The Morgan fingerprint density at radius 3 is 2.50 bits per heavy atom. The number of rotatable bonds is 5. The molecule has 2 heterocycles. The molecule has 2 unspecified atom stereocenters. The monoisotopic (exact) mass is 358 g/mol. The van der Waals surface area contributed by atoms with Crippen molar-refractivity contribution >= 4 is 0 Å². The van der Waals surface area contributed by atoms with Crippen LogP contribution in [0.5, 0.6) is 11.5 Å². The van der Waals surface area contributed by atoms with E-state index in [-0.39, 0.29) is 17.7 Å². The van der Waals surface area contributed by atoms with Crippen molar-refractivity contribution in [2.24, 2.45) is 11.8 Å². The van der Waals surface area contributed by atoms with E-state index in [0.717, 1.165) is 31.5 Å². The van der Waals surface area contributed by atoms with Crippen LogP contribution in [0.1, 0.15) is 24.5 Å². The maximum atomic E-state index is 13.2. The summed E-state index contributed by atoms with van der Waals surface area (Å²) in [5.41, 5.74) is 0.819. The number of fused-ring (bicyclic) bond motifs is 1. The van der Waals surface area contributed by atoms with E-state index in [1.54, 1.807) is 30.5 Å². The summed E-state index contributed by atoms with van der Waals surface area (Å²) in [5, 5.41) is 19.8. The number of pyridine rings is 1. The molecule has 0 bridgehead atoms. The molecule has 1 saturated carbocycles. The Hall–Kier alpha value is -2.18. The highest BCUT2D eigenvalue weighted by molar-refractivity contribution is 5.27. The first kappa shape index (κ1) is 17.2. The molecule has 2 aliphatic rings. The van der Waals surface area contributed by atoms with Gasteiger partial charge in [0.1, 0.15) is 17.3 Å². The van der Waals surface area contributed by atoms with Gasteiger partial charge in [-0.05, 0) is 42.4 Å². The maximum absolute atomic E-state index is 13.2. The molecule has 0 radical (unpaired) electrons. The van der Waals surface area contributed by atoms with Crippen molar-refractivity contribution in [2.75, 3.05) is 19.6 Å². The Morgan fingerprint density at radius 1 is 1.15 bits per heavy atom. The van der Waals surface area contributed by atoms with E-state index < -0.39 is 6.10 Å². The molecule has 138 valence electrons. The van der Waals surface area contributed by atoms with Crippen molar-refractivity contribution in [1.29, 1.82) is 0 Å². The summed E-state index contributed by atoms with van der Waals surface area (Å²) in [6.07, 6.45) is 4.18. The third kappa shape index (κ3) is 3.81. The van der Waals surface area contributed by atoms with Gasteiger partial charge in [-0.2, -0.15) is 0 Å². The fraction of sp³-hybridized carbons (Fsp3) is 0.450. The molecule has 2 fully saturated rings. The van der Waals surface area contributed by atoms with E-state index in [4.69, 9.17) is 4.74 Å². The molecule has 4 atom stereocenters. The molecular weight excluding hydrogens is 335 g/mol. The number of halogens is 1. The highest BCUT2D eigenvalue weighted by Gasteiger charge is 2.42. The topological polar surface area (TPSA) is 65.8 Å². The minimum absolute atomic E-state index is 0.109. The van der Waals surface area contributed by atoms with E-state index in [2.05, 4.69) is 9.88 Å². The minimum Gasteiger partial charge on any atom is -0.508 e. The lowest BCUT2D eigenvalue weighted by Crippen LogP contribution is -2.28. The van der Waals surface area contributed by atoms with Crippen LogP contribution >= 0.6 is 0 Å². The summed E-state index contributed by atoms with van der Waals surface area (Å²) in [6.45, 7) is 2.49. The number of aliphatic hydroxyl groups is 1. The summed E-state index contributed by atoms with van der Waals surface area (Å²) in [6, 6.07) is 8.09. The van der Waals surface area contributed by atoms with Crippen molar-refractivity contribution in [3.05, 3.63) is 54.1 Å². The van der Waals surface area contributed by atoms with Gasteiger partial charge in [0.15, 0.2) is 0 Å². The van der Waals surface area contributed by atoms with Gasteiger partial charge in [-0.1, -0.05) is 12.1 Å². The van der Waals surface area contributed by atoms with Gasteiger partial charge in [-0.15, -0.1) is 0 Å². The zero-order valence-electron chi connectivity index (χ0n) is 14.5. The predicted molar refractivity (Wildman–Crippen MR) is 94.3 cm³/mol. The smallest absolute Gasteiger partial charge is 0.145 e. The van der Waals surface area contributed by atoms with Gasteiger partial charge in [0.2, 0.25) is 0 Å². The summed E-state index contributed by atoms with van der Waals surface area (Å²) in [4.78, 5) is 6.12. The lowest BCUT2D eigenvalue weighted by Gasteiger charge is -2.22. The third-order valence-electron chi connectivity index (χ3n) is 5.47. The molecule has 6 heteroatoms. The first-order valence-electron chi connectivity index (χ1n) is 9.03. The number of nitrogens with zero attached hydrogens (tertiary/aromatic N) is 2. The summed E-state index contributed by atoms with van der Waals surface area (Å²) in [5.74, 6) is 1.42. The van der Waals surface area contributed by atoms with E-state index in [0.29, 0.717) is 24.1 Å². The van der Waals surface area contributed by atoms with Gasteiger partial charge in [-0.3, -0.25) is 9.88 Å². The van der Waals surface area contributed by atoms with Crippen LogP contribution in [0, 0.1) is 17.7 Å². The van der Waals surface area contributed by atoms with E-state index in [1.807, 2.05) is 0 Å². The average molecular weight is 358 g/mol. The van der Waals surface area contributed by atoms with Gasteiger partial charge in [0, 0.05) is 25.7 Å². The number of β-amino-alcohol motifs (C(OH)–C–C–N with tert-alkyl or cyclic N) is 1. The molecule has 1 saturated heterocycles. The molecule has 1 aromatic heterocycles. The highest BCUT2D eigenvalue weighted by Crippen LogP contribution is 2.40. The Bertz CT molecular complexity index is 741. The number of phenols is 1. The normalized spacial score (nSPS) is 26.6. The SMILES string of the molecule is Oc1ccc(C(O)CN2C[C@H]3CC(Oc4cncc(F)c4)C[C@H]3C2)cc1. The second-order valence-corrected chi connectivity index (χ2v) is 7.40. The minimum atomic E-state index is -0.556. The van der Waals surface area contributed by atoms with Crippen molar-refractivity contribution in [3.63, 3.8) is 0 Å². The predicted octanol–water partition coefficient (Wildman–Crippen LogP) is 2.75. The van der Waals surface area contributed by atoms with E-state index >= 15 is 0 Å². The number of benzene rings is 1. The number of likely N-dealkylation sites (tertiary alicyclic amines) is 1. The molecule has 4 rings (SSSR count). The van der Waals surface area contributed by atoms with Crippen molar-refractivity contribution < 1.29 is 19.3 Å². The number of aliphatic hydroxyl groups excluding tert-OH is 1. The number of phenolic OH excluding ortho intramolecular Hbond substituents is 1. The fourth-order valence-corrected chi connectivity index (χ4v) is 4.28. The third-order valence-corrected chi connectivity index (χ3v) is 5.47. The molecule has 2 N–H and O–H groups in total. The van der Waals surface area contributed by atoms with Gasteiger partial charge in [-0.25, -0.2) is 4.39 Å². The van der Waals surface area contributed by atoms with Crippen molar-refractivity contribution in [3.8, 4) is 11.5 Å². The van der Waals surface area contributed by atoms with Crippen LogP contribution < -0.4 is 4.74 Å². The zero-order valence-corrected chi connectivity index (χ0v) is 14.5. The average Bonchev–Trinajstić information content (AvgIpc) is 3.13. The number of hydrogen-bond donors (Lipinski definition) is 2. The second-order valence-electron chi connectivity index (χ2n) is 7.40. The van der Waals surface area contributed by atoms with E-state index in [1.165, 1.54) is 12.3 Å². The maximum Gasteiger partial charge on any atom is 0.145 e. The molecule has 1 aliphatic carbocycles. The van der Waals surface area contributed by atoms with Crippen molar-refractivity contribution in [2.45, 2.75) is 25.0 Å². The quantitative estimate of drug-likeness (QED) is 0.860. The molecule has 5 nitrogen and oxygen atoms in total. The first-order valence-corrected chi connectivity index (χ1v) is 9.03. The Balaban J connectivity index is 1.28. The van der Waals surface area contributed by atoms with Gasteiger partial charge >= 0.3 is 0 Å². The number of ether oxygens (including phenoxy) is 1. The fourth-order valence-electron chi connectivity index (χ4n) is 4.28. The van der Waals surface area contributed by atoms with Crippen LogP contribution in [0.15, 0.2) is 42.7 Å². The Labute approximate surface area is 152 Å². The van der Waals surface area contributed by atoms with Crippen molar-refractivity contribution in [1.82, 2.24) is 9.88 Å². The molecular formula is C20H23FN2O3. The summed E-state index contributed by atoms with van der Waals surface area (Å²) >= 11 is 0. The van der Waals surface area contributed by atoms with E-state index in [9.17, 15) is 14.6 Å². The molecule has 0 spiro atoms.